The lowest BCUT2D eigenvalue weighted by Gasteiger charge is -2.12. The summed E-state index contributed by atoms with van der Waals surface area (Å²) in [6, 6.07) is 17.1. The molecule has 0 saturated carbocycles. The number of ether oxygens (including phenoxy) is 1. The van der Waals surface area contributed by atoms with Crippen molar-refractivity contribution in [3.63, 3.8) is 0 Å². The summed E-state index contributed by atoms with van der Waals surface area (Å²) in [7, 11) is 0. The predicted molar refractivity (Wildman–Crippen MR) is 119 cm³/mol. The third-order valence-corrected chi connectivity index (χ3v) is 4.90. The number of carbonyl (C=O) groups is 2. The molecule has 7 nitrogen and oxygen atoms in total. The second-order valence-corrected chi connectivity index (χ2v) is 7.08. The number of aromatic nitrogens is 1. The Kier molecular flexibility index (Phi) is 6.76. The molecule has 1 aromatic heterocycles. The Morgan fingerprint density at radius 2 is 1.88 bits per heavy atom. The quantitative estimate of drug-likeness (QED) is 0.458. The van der Waals surface area contributed by atoms with Crippen molar-refractivity contribution in [2.24, 2.45) is 0 Å². The second kappa shape index (κ2) is 9.67. The van der Waals surface area contributed by atoms with Crippen LogP contribution in [0.5, 0.6) is 5.75 Å². The number of nitrogens with one attached hydrogen (secondary N) is 1. The lowest BCUT2D eigenvalue weighted by molar-refractivity contribution is -0.255. The molecule has 7 heteroatoms. The standard InChI is InChI=1S/C25H23N3O4/c1-4-32-23-10-8-21(9-11-23)27-24(29)20(15-26)13-19-12-16(2)28(17(19)3)22-7-5-6-18(14-22)25(30)31/h5-14H,4H2,1-3H3,(H,27,29)(H,30,31)/p-1/b20-13-. The molecule has 1 amide bonds. The van der Waals surface area contributed by atoms with Gasteiger partial charge in [-0.05, 0) is 80.4 Å². The van der Waals surface area contributed by atoms with Crippen LogP contribution in [0.25, 0.3) is 11.8 Å². The lowest BCUT2D eigenvalue weighted by atomic mass is 10.1. The maximum Gasteiger partial charge on any atom is 0.266 e. The van der Waals surface area contributed by atoms with E-state index < -0.39 is 11.9 Å². The molecule has 0 atom stereocenters. The van der Waals surface area contributed by atoms with Gasteiger partial charge in [0.25, 0.3) is 5.91 Å². The van der Waals surface area contributed by atoms with Crippen LogP contribution in [0.1, 0.15) is 34.2 Å². The molecular weight excluding hydrogens is 406 g/mol. The molecule has 0 spiro atoms. The highest BCUT2D eigenvalue weighted by atomic mass is 16.5. The monoisotopic (exact) mass is 428 g/mol. The number of hydrogen-bond donors (Lipinski definition) is 1. The number of rotatable bonds is 7. The molecule has 0 aliphatic rings. The Labute approximate surface area is 186 Å². The molecular formula is C25H22N3O4-. The topological polar surface area (TPSA) is 107 Å². The van der Waals surface area contributed by atoms with Crippen molar-refractivity contribution in [3.8, 4) is 17.5 Å². The van der Waals surface area contributed by atoms with Crippen LogP contribution < -0.4 is 15.2 Å². The predicted octanol–water partition coefficient (Wildman–Crippen LogP) is 3.40. The number of aryl methyl sites for hydroxylation is 1. The summed E-state index contributed by atoms with van der Waals surface area (Å²) in [5.41, 5.74) is 3.48. The van der Waals surface area contributed by atoms with E-state index in [0.717, 1.165) is 11.4 Å². The number of carbonyl (C=O) groups excluding carboxylic acids is 2. The van der Waals surface area contributed by atoms with Crippen molar-refractivity contribution in [2.45, 2.75) is 20.8 Å². The molecule has 1 N–H and O–H groups in total. The number of carboxylic acid groups (broad SMARTS) is 1. The molecule has 3 rings (SSSR count). The Morgan fingerprint density at radius 3 is 2.50 bits per heavy atom. The fraction of sp³-hybridized carbons (Fsp3) is 0.160. The van der Waals surface area contributed by atoms with Crippen molar-refractivity contribution in [3.05, 3.63) is 82.7 Å². The third kappa shape index (κ3) is 4.87. The van der Waals surface area contributed by atoms with E-state index in [2.05, 4.69) is 5.32 Å². The van der Waals surface area contributed by atoms with Gasteiger partial charge in [0.2, 0.25) is 0 Å². The van der Waals surface area contributed by atoms with E-state index >= 15 is 0 Å². The molecule has 0 fully saturated rings. The number of nitrogens with zero attached hydrogens (tertiary/aromatic N) is 2. The fourth-order valence-corrected chi connectivity index (χ4v) is 3.41. The first-order chi connectivity index (χ1) is 15.3. The maximum absolute atomic E-state index is 12.6. The molecule has 3 aromatic rings. The van der Waals surface area contributed by atoms with Gasteiger partial charge in [-0.25, -0.2) is 0 Å². The van der Waals surface area contributed by atoms with E-state index in [1.807, 2.05) is 37.5 Å². The SMILES string of the molecule is CCOc1ccc(NC(=O)/C(C#N)=C\c2cc(C)n(-c3cccc(C(=O)[O-])c3)c2C)cc1. The van der Waals surface area contributed by atoms with Gasteiger partial charge in [-0.3, -0.25) is 4.79 Å². The summed E-state index contributed by atoms with van der Waals surface area (Å²) in [4.78, 5) is 23.8. The lowest BCUT2D eigenvalue weighted by Crippen LogP contribution is -2.22. The molecule has 162 valence electrons. The Morgan fingerprint density at radius 1 is 1.16 bits per heavy atom. The molecule has 0 aliphatic carbocycles. The number of carboxylic acids is 1. The van der Waals surface area contributed by atoms with Crippen LogP contribution in [0.2, 0.25) is 0 Å². The Hall–Kier alpha value is -4.31. The molecule has 0 bridgehead atoms. The van der Waals surface area contributed by atoms with Crippen LogP contribution in [-0.4, -0.2) is 23.1 Å². The second-order valence-electron chi connectivity index (χ2n) is 7.08. The summed E-state index contributed by atoms with van der Waals surface area (Å²) in [5.74, 6) is -1.09. The number of benzene rings is 2. The van der Waals surface area contributed by atoms with Crippen LogP contribution in [0.15, 0.2) is 60.2 Å². The summed E-state index contributed by atoms with van der Waals surface area (Å²) in [6.07, 6.45) is 1.52. The zero-order valence-corrected chi connectivity index (χ0v) is 18.0. The van der Waals surface area contributed by atoms with Crippen molar-refractivity contribution < 1.29 is 19.4 Å². The molecule has 0 saturated heterocycles. The first kappa shape index (κ1) is 22.4. The van der Waals surface area contributed by atoms with Crippen molar-refractivity contribution in [1.82, 2.24) is 4.57 Å². The van der Waals surface area contributed by atoms with Crippen molar-refractivity contribution >= 4 is 23.6 Å². The van der Waals surface area contributed by atoms with Gasteiger partial charge in [0.05, 0.1) is 12.6 Å². The Balaban J connectivity index is 1.88. The van der Waals surface area contributed by atoms with E-state index in [1.165, 1.54) is 18.2 Å². The largest absolute Gasteiger partial charge is 0.545 e. The van der Waals surface area contributed by atoms with E-state index in [-0.39, 0.29) is 11.1 Å². The summed E-state index contributed by atoms with van der Waals surface area (Å²) in [5, 5.41) is 23.5. The summed E-state index contributed by atoms with van der Waals surface area (Å²) >= 11 is 0. The number of amides is 1. The Bertz CT molecular complexity index is 1230. The van der Waals surface area contributed by atoms with Crippen molar-refractivity contribution in [1.29, 1.82) is 5.26 Å². The normalized spacial score (nSPS) is 11.0. The smallest absolute Gasteiger partial charge is 0.266 e. The number of anilines is 1. The van der Waals surface area contributed by atoms with Crippen LogP contribution >= 0.6 is 0 Å². The van der Waals surface area contributed by atoms with Crippen LogP contribution in [-0.2, 0) is 4.79 Å². The van der Waals surface area contributed by atoms with Crippen LogP contribution in [0.4, 0.5) is 5.69 Å². The highest BCUT2D eigenvalue weighted by Crippen LogP contribution is 2.24. The highest BCUT2D eigenvalue weighted by molar-refractivity contribution is 6.09. The first-order valence-corrected chi connectivity index (χ1v) is 10.0. The highest BCUT2D eigenvalue weighted by Gasteiger charge is 2.14. The zero-order chi connectivity index (χ0) is 23.3. The molecule has 1 heterocycles. The minimum atomic E-state index is -1.26. The average Bonchev–Trinajstić information content (AvgIpc) is 3.06. The summed E-state index contributed by atoms with van der Waals surface area (Å²) in [6.45, 7) is 6.13. The van der Waals surface area contributed by atoms with Gasteiger partial charge in [0, 0.05) is 22.8 Å². The van der Waals surface area contributed by atoms with Gasteiger partial charge in [-0.2, -0.15) is 5.26 Å². The molecule has 0 unspecified atom stereocenters. The fourth-order valence-electron chi connectivity index (χ4n) is 3.41. The number of hydrogen-bond acceptors (Lipinski definition) is 5. The van der Waals surface area contributed by atoms with E-state index in [0.29, 0.717) is 29.3 Å². The van der Waals surface area contributed by atoms with Gasteiger partial charge in [0.1, 0.15) is 17.4 Å². The average molecular weight is 428 g/mol. The molecule has 0 radical (unpaired) electrons. The van der Waals surface area contributed by atoms with Gasteiger partial charge >= 0.3 is 0 Å². The van der Waals surface area contributed by atoms with Gasteiger partial charge in [-0.15, -0.1) is 0 Å². The van der Waals surface area contributed by atoms with Gasteiger partial charge in [0.15, 0.2) is 0 Å². The van der Waals surface area contributed by atoms with E-state index in [1.54, 1.807) is 36.4 Å². The maximum atomic E-state index is 12.6. The summed E-state index contributed by atoms with van der Waals surface area (Å²) < 4.78 is 7.24. The molecule has 32 heavy (non-hydrogen) atoms. The van der Waals surface area contributed by atoms with Crippen molar-refractivity contribution in [2.75, 3.05) is 11.9 Å². The molecule has 2 aromatic carbocycles. The van der Waals surface area contributed by atoms with Gasteiger partial charge in [-0.1, -0.05) is 12.1 Å². The van der Waals surface area contributed by atoms with E-state index in [9.17, 15) is 20.0 Å². The first-order valence-electron chi connectivity index (χ1n) is 10.0. The van der Waals surface area contributed by atoms with Crippen LogP contribution in [0.3, 0.4) is 0 Å². The van der Waals surface area contributed by atoms with E-state index in [4.69, 9.17) is 4.74 Å². The third-order valence-electron chi connectivity index (χ3n) is 4.90. The van der Waals surface area contributed by atoms with Crippen LogP contribution in [0, 0.1) is 25.2 Å². The van der Waals surface area contributed by atoms with Gasteiger partial charge < -0.3 is 24.5 Å². The number of aromatic carboxylic acids is 1. The minimum Gasteiger partial charge on any atom is -0.545 e. The zero-order valence-electron chi connectivity index (χ0n) is 18.0. The number of nitriles is 1. The minimum absolute atomic E-state index is 0.0531. The molecule has 0 aliphatic heterocycles.